The molecule has 2 N–H and O–H groups in total. The van der Waals surface area contributed by atoms with Crippen molar-refractivity contribution >= 4 is 24.0 Å². The second-order valence-electron chi connectivity index (χ2n) is 3.07. The number of aromatic nitrogens is 1. The molecule has 0 bridgehead atoms. The highest BCUT2D eigenvalue weighted by molar-refractivity contribution is 6.30. The monoisotopic (exact) mass is 242 g/mol. The number of halogens is 2. The molecule has 0 amide bonds. The van der Waals surface area contributed by atoms with Crippen LogP contribution in [0.1, 0.15) is 5.56 Å². The maximum atomic E-state index is 5.94. The van der Waals surface area contributed by atoms with Crippen LogP contribution in [0.4, 0.5) is 0 Å². The minimum atomic E-state index is 0. The second-order valence-corrected chi connectivity index (χ2v) is 3.50. The van der Waals surface area contributed by atoms with Gasteiger partial charge in [0.05, 0.1) is 5.69 Å². The van der Waals surface area contributed by atoms with Crippen molar-refractivity contribution in [2.75, 3.05) is 0 Å². The zero-order valence-corrected chi connectivity index (χ0v) is 9.63. The molecule has 0 saturated heterocycles. The standard InChI is InChI=1S/C11H11ClN2.ClH/c12-10-4-3-9(8-13)11(7-10)14-5-1-2-6-14;/h1-7H,8,13H2;1H. The fourth-order valence-corrected chi connectivity index (χ4v) is 1.61. The zero-order valence-electron chi connectivity index (χ0n) is 8.06. The average molecular weight is 243 g/mol. The predicted molar refractivity (Wildman–Crippen MR) is 65.9 cm³/mol. The van der Waals surface area contributed by atoms with Crippen molar-refractivity contribution in [3.63, 3.8) is 0 Å². The van der Waals surface area contributed by atoms with Gasteiger partial charge in [0.1, 0.15) is 0 Å². The molecule has 1 aromatic carbocycles. The van der Waals surface area contributed by atoms with E-state index in [1.165, 1.54) is 0 Å². The zero-order chi connectivity index (χ0) is 9.97. The molecule has 2 aromatic rings. The Hall–Kier alpha value is -0.960. The van der Waals surface area contributed by atoms with Crippen LogP contribution in [0.2, 0.25) is 5.02 Å². The summed E-state index contributed by atoms with van der Waals surface area (Å²) in [6.07, 6.45) is 3.95. The lowest BCUT2D eigenvalue weighted by molar-refractivity contribution is 0.992. The Kier molecular flexibility index (Phi) is 4.21. The summed E-state index contributed by atoms with van der Waals surface area (Å²) in [6.45, 7) is 0.519. The van der Waals surface area contributed by atoms with Crippen molar-refractivity contribution in [1.29, 1.82) is 0 Å². The molecular weight excluding hydrogens is 231 g/mol. The molecule has 80 valence electrons. The third-order valence-electron chi connectivity index (χ3n) is 2.15. The van der Waals surface area contributed by atoms with Crippen LogP contribution >= 0.6 is 24.0 Å². The van der Waals surface area contributed by atoms with Gasteiger partial charge < -0.3 is 10.3 Å². The summed E-state index contributed by atoms with van der Waals surface area (Å²) < 4.78 is 2.01. The number of hydrogen-bond acceptors (Lipinski definition) is 1. The summed E-state index contributed by atoms with van der Waals surface area (Å²) in [5.41, 5.74) is 7.79. The summed E-state index contributed by atoms with van der Waals surface area (Å²) in [6, 6.07) is 9.68. The van der Waals surface area contributed by atoms with Crippen molar-refractivity contribution in [2.24, 2.45) is 5.73 Å². The summed E-state index contributed by atoms with van der Waals surface area (Å²) in [5, 5.41) is 0.728. The molecule has 15 heavy (non-hydrogen) atoms. The van der Waals surface area contributed by atoms with E-state index >= 15 is 0 Å². The van der Waals surface area contributed by atoms with E-state index in [-0.39, 0.29) is 12.4 Å². The van der Waals surface area contributed by atoms with Crippen LogP contribution in [0.25, 0.3) is 5.69 Å². The van der Waals surface area contributed by atoms with Gasteiger partial charge in [0.25, 0.3) is 0 Å². The van der Waals surface area contributed by atoms with Gasteiger partial charge in [0.2, 0.25) is 0 Å². The summed E-state index contributed by atoms with van der Waals surface area (Å²) in [4.78, 5) is 0. The molecule has 0 fully saturated rings. The van der Waals surface area contributed by atoms with Gasteiger partial charge in [-0.2, -0.15) is 0 Å². The van der Waals surface area contributed by atoms with E-state index in [4.69, 9.17) is 17.3 Å². The first-order chi connectivity index (χ1) is 6.81. The molecule has 0 atom stereocenters. The van der Waals surface area contributed by atoms with E-state index in [1.807, 2.05) is 47.3 Å². The smallest absolute Gasteiger partial charge is 0.0509 e. The van der Waals surface area contributed by atoms with Crippen molar-refractivity contribution in [2.45, 2.75) is 6.54 Å². The molecule has 0 aliphatic heterocycles. The number of nitrogens with zero attached hydrogens (tertiary/aromatic N) is 1. The van der Waals surface area contributed by atoms with Crippen molar-refractivity contribution in [3.05, 3.63) is 53.3 Å². The van der Waals surface area contributed by atoms with Gasteiger partial charge in [-0.15, -0.1) is 12.4 Å². The largest absolute Gasteiger partial charge is 0.326 e. The van der Waals surface area contributed by atoms with Gasteiger partial charge in [-0.05, 0) is 29.8 Å². The minimum absolute atomic E-state index is 0. The highest BCUT2D eigenvalue weighted by atomic mass is 35.5. The first-order valence-corrected chi connectivity index (χ1v) is 4.81. The fraction of sp³-hybridized carbons (Fsp3) is 0.0909. The number of rotatable bonds is 2. The van der Waals surface area contributed by atoms with Crippen LogP contribution < -0.4 is 5.73 Å². The number of benzene rings is 1. The van der Waals surface area contributed by atoms with Crippen molar-refractivity contribution in [3.8, 4) is 5.69 Å². The third kappa shape index (κ3) is 2.53. The lowest BCUT2D eigenvalue weighted by Crippen LogP contribution is -2.02. The normalized spacial score (nSPS) is 9.73. The van der Waals surface area contributed by atoms with Gasteiger partial charge in [0.15, 0.2) is 0 Å². The number of hydrogen-bond donors (Lipinski definition) is 1. The van der Waals surface area contributed by atoms with E-state index in [9.17, 15) is 0 Å². The molecule has 0 aliphatic carbocycles. The quantitative estimate of drug-likeness (QED) is 0.863. The highest BCUT2D eigenvalue weighted by Gasteiger charge is 2.02. The molecule has 4 heteroatoms. The van der Waals surface area contributed by atoms with Crippen LogP contribution in [0.15, 0.2) is 42.7 Å². The van der Waals surface area contributed by atoms with E-state index < -0.39 is 0 Å². The minimum Gasteiger partial charge on any atom is -0.326 e. The Morgan fingerprint density at radius 3 is 2.47 bits per heavy atom. The molecule has 0 spiro atoms. The van der Waals surface area contributed by atoms with Crippen LogP contribution in [-0.2, 0) is 6.54 Å². The molecule has 0 saturated carbocycles. The van der Waals surface area contributed by atoms with Crippen LogP contribution in [0.3, 0.4) is 0 Å². The maximum Gasteiger partial charge on any atom is 0.0509 e. The molecule has 0 radical (unpaired) electrons. The van der Waals surface area contributed by atoms with E-state index in [2.05, 4.69) is 0 Å². The first kappa shape index (κ1) is 12.1. The molecule has 2 nitrogen and oxygen atoms in total. The van der Waals surface area contributed by atoms with E-state index in [0.29, 0.717) is 6.54 Å². The number of nitrogens with two attached hydrogens (primary N) is 1. The lowest BCUT2D eigenvalue weighted by atomic mass is 10.2. The molecule has 2 rings (SSSR count). The van der Waals surface area contributed by atoms with Crippen molar-refractivity contribution < 1.29 is 0 Å². The third-order valence-corrected chi connectivity index (χ3v) is 2.38. The molecular formula is C11H12Cl2N2. The summed E-state index contributed by atoms with van der Waals surface area (Å²) in [7, 11) is 0. The van der Waals surface area contributed by atoms with Gasteiger partial charge in [-0.1, -0.05) is 17.7 Å². The molecule has 1 heterocycles. The molecule has 0 aliphatic rings. The average Bonchev–Trinajstić information content (AvgIpc) is 2.70. The van der Waals surface area contributed by atoms with Crippen LogP contribution in [0.5, 0.6) is 0 Å². The van der Waals surface area contributed by atoms with E-state index in [0.717, 1.165) is 16.3 Å². The lowest BCUT2D eigenvalue weighted by Gasteiger charge is -2.09. The van der Waals surface area contributed by atoms with Crippen LogP contribution in [0, 0.1) is 0 Å². The molecule has 0 unspecified atom stereocenters. The van der Waals surface area contributed by atoms with Gasteiger partial charge >= 0.3 is 0 Å². The maximum absolute atomic E-state index is 5.94. The topological polar surface area (TPSA) is 30.9 Å². The Bertz CT molecular complexity index is 424. The Morgan fingerprint density at radius 2 is 1.87 bits per heavy atom. The van der Waals surface area contributed by atoms with Crippen molar-refractivity contribution in [1.82, 2.24) is 4.57 Å². The van der Waals surface area contributed by atoms with Gasteiger partial charge in [-0.25, -0.2) is 0 Å². The molecule has 1 aromatic heterocycles. The fourth-order valence-electron chi connectivity index (χ4n) is 1.45. The second kappa shape index (κ2) is 5.21. The van der Waals surface area contributed by atoms with Gasteiger partial charge in [-0.3, -0.25) is 0 Å². The highest BCUT2D eigenvalue weighted by Crippen LogP contribution is 2.19. The summed E-state index contributed by atoms with van der Waals surface area (Å²) >= 11 is 5.94. The Morgan fingerprint density at radius 1 is 1.20 bits per heavy atom. The Balaban J connectivity index is 0.00000112. The Labute approximate surface area is 100 Å². The summed E-state index contributed by atoms with van der Waals surface area (Å²) in [5.74, 6) is 0. The predicted octanol–water partition coefficient (Wildman–Crippen LogP) is 3.01. The SMILES string of the molecule is Cl.NCc1ccc(Cl)cc1-n1cccc1. The van der Waals surface area contributed by atoms with Gasteiger partial charge in [0, 0.05) is 24.0 Å². The van der Waals surface area contributed by atoms with Crippen LogP contribution in [-0.4, -0.2) is 4.57 Å². The van der Waals surface area contributed by atoms with E-state index in [1.54, 1.807) is 0 Å². The first-order valence-electron chi connectivity index (χ1n) is 4.43.